The van der Waals surface area contributed by atoms with Crippen molar-refractivity contribution in [2.45, 2.75) is 0 Å². The van der Waals surface area contributed by atoms with E-state index < -0.39 is 0 Å². The van der Waals surface area contributed by atoms with E-state index in [1.807, 2.05) is 36.4 Å². The van der Waals surface area contributed by atoms with Gasteiger partial charge in [-0.3, -0.25) is 9.79 Å². The summed E-state index contributed by atoms with van der Waals surface area (Å²) in [5.41, 5.74) is 2.36. The van der Waals surface area contributed by atoms with Gasteiger partial charge in [0.05, 0.1) is 19.1 Å². The maximum absolute atomic E-state index is 12.1. The maximum atomic E-state index is 12.1. The van der Waals surface area contributed by atoms with Crippen LogP contribution < -0.4 is 4.74 Å². The van der Waals surface area contributed by atoms with Gasteiger partial charge in [0.25, 0.3) is 0 Å². The number of furan rings is 1. The van der Waals surface area contributed by atoms with Crippen molar-refractivity contribution in [1.29, 1.82) is 0 Å². The van der Waals surface area contributed by atoms with Crippen LogP contribution in [0.2, 0.25) is 0 Å². The Balaban J connectivity index is 1.65. The van der Waals surface area contributed by atoms with Crippen LogP contribution in [0.3, 0.4) is 0 Å². The lowest BCUT2D eigenvalue weighted by molar-refractivity contribution is 0.104. The molecule has 0 radical (unpaired) electrons. The molecule has 0 aliphatic rings. The van der Waals surface area contributed by atoms with Crippen LogP contribution in [0, 0.1) is 0 Å². The lowest BCUT2D eigenvalue weighted by Gasteiger charge is -1.99. The van der Waals surface area contributed by atoms with Gasteiger partial charge in [-0.2, -0.15) is 0 Å². The molecule has 0 atom stereocenters. The Morgan fingerprint density at radius 3 is 2.44 bits per heavy atom. The van der Waals surface area contributed by atoms with Gasteiger partial charge in [-0.05, 0) is 78.4 Å². The lowest BCUT2D eigenvalue weighted by Crippen LogP contribution is -1.92. The van der Waals surface area contributed by atoms with Crippen LogP contribution in [0.15, 0.2) is 82.4 Å². The van der Waals surface area contributed by atoms with Crippen LogP contribution in [-0.2, 0) is 0 Å². The standard InChI is InChI=1S/C21H17NO3/c1-24-19-10-4-16(5-11-19)15-22-18-8-6-17(7-9-18)21(23)13-12-20-3-2-14-25-20/h2-15H,1H3/b13-12+,22-15?. The van der Waals surface area contributed by atoms with Gasteiger partial charge in [0.1, 0.15) is 11.5 Å². The molecule has 0 spiro atoms. The van der Waals surface area contributed by atoms with E-state index in [2.05, 4.69) is 4.99 Å². The number of aliphatic imine (C=N–C) groups is 1. The summed E-state index contributed by atoms with van der Waals surface area (Å²) in [6.07, 6.45) is 6.49. The van der Waals surface area contributed by atoms with Gasteiger partial charge < -0.3 is 9.15 Å². The average Bonchev–Trinajstić information content (AvgIpc) is 3.19. The molecule has 0 aliphatic carbocycles. The zero-order chi connectivity index (χ0) is 17.5. The van der Waals surface area contributed by atoms with Gasteiger partial charge in [0.15, 0.2) is 5.78 Å². The molecule has 124 valence electrons. The van der Waals surface area contributed by atoms with E-state index in [0.717, 1.165) is 17.0 Å². The number of benzene rings is 2. The number of methoxy groups -OCH3 is 1. The quantitative estimate of drug-likeness (QED) is 0.365. The molecule has 25 heavy (non-hydrogen) atoms. The molecule has 3 rings (SSSR count). The monoisotopic (exact) mass is 331 g/mol. The third-order valence-corrected chi connectivity index (χ3v) is 3.57. The second-order valence-electron chi connectivity index (χ2n) is 5.29. The molecule has 0 saturated heterocycles. The van der Waals surface area contributed by atoms with Gasteiger partial charge in [0, 0.05) is 11.8 Å². The lowest BCUT2D eigenvalue weighted by atomic mass is 10.1. The highest BCUT2D eigenvalue weighted by Gasteiger charge is 2.02. The van der Waals surface area contributed by atoms with Crippen molar-refractivity contribution in [3.63, 3.8) is 0 Å². The summed E-state index contributed by atoms with van der Waals surface area (Å²) in [7, 11) is 1.63. The number of hydrogen-bond donors (Lipinski definition) is 0. The number of ketones is 1. The zero-order valence-electron chi connectivity index (χ0n) is 13.8. The molecule has 1 heterocycles. The molecular formula is C21H17NO3. The summed E-state index contributed by atoms with van der Waals surface area (Å²) in [5.74, 6) is 1.37. The molecule has 0 aliphatic heterocycles. The second-order valence-corrected chi connectivity index (χ2v) is 5.29. The third-order valence-electron chi connectivity index (χ3n) is 3.57. The molecule has 0 fully saturated rings. The number of carbonyl (C=O) groups excluding carboxylic acids is 1. The SMILES string of the molecule is COc1ccc(C=Nc2ccc(C(=O)/C=C/c3ccco3)cc2)cc1. The van der Waals surface area contributed by atoms with Crippen molar-refractivity contribution in [1.82, 2.24) is 0 Å². The Bertz CT molecular complexity index is 874. The molecule has 4 nitrogen and oxygen atoms in total. The molecule has 0 N–H and O–H groups in total. The molecule has 0 saturated carbocycles. The molecule has 0 bridgehead atoms. The Kier molecular flexibility index (Phi) is 5.22. The van der Waals surface area contributed by atoms with Gasteiger partial charge in [-0.1, -0.05) is 0 Å². The van der Waals surface area contributed by atoms with E-state index >= 15 is 0 Å². The Morgan fingerprint density at radius 1 is 1.04 bits per heavy atom. The Hall–Kier alpha value is -3.40. The van der Waals surface area contributed by atoms with Gasteiger partial charge in [-0.15, -0.1) is 0 Å². The van der Waals surface area contributed by atoms with E-state index in [-0.39, 0.29) is 5.78 Å². The van der Waals surface area contributed by atoms with E-state index in [0.29, 0.717) is 11.3 Å². The minimum atomic E-state index is -0.0814. The number of carbonyl (C=O) groups is 1. The summed E-state index contributed by atoms with van der Waals surface area (Å²) in [4.78, 5) is 16.5. The fourth-order valence-electron chi connectivity index (χ4n) is 2.19. The highest BCUT2D eigenvalue weighted by Crippen LogP contribution is 2.15. The predicted octanol–water partition coefficient (Wildman–Crippen LogP) is 4.93. The normalized spacial score (nSPS) is 11.2. The average molecular weight is 331 g/mol. The third kappa shape index (κ3) is 4.54. The maximum Gasteiger partial charge on any atom is 0.185 e. The van der Waals surface area contributed by atoms with E-state index in [4.69, 9.17) is 9.15 Å². The van der Waals surface area contributed by atoms with Crippen molar-refractivity contribution in [2.75, 3.05) is 7.11 Å². The summed E-state index contributed by atoms with van der Waals surface area (Å²) in [5, 5.41) is 0. The fourth-order valence-corrected chi connectivity index (χ4v) is 2.19. The van der Waals surface area contributed by atoms with Crippen LogP contribution in [-0.4, -0.2) is 19.1 Å². The number of hydrogen-bond acceptors (Lipinski definition) is 4. The highest BCUT2D eigenvalue weighted by molar-refractivity contribution is 6.06. The van der Waals surface area contributed by atoms with E-state index in [1.54, 1.807) is 49.9 Å². The summed E-state index contributed by atoms with van der Waals surface area (Å²) >= 11 is 0. The van der Waals surface area contributed by atoms with Crippen molar-refractivity contribution in [3.8, 4) is 5.75 Å². The van der Waals surface area contributed by atoms with Crippen LogP contribution in [0.25, 0.3) is 6.08 Å². The summed E-state index contributed by atoms with van der Waals surface area (Å²) in [6.45, 7) is 0. The first-order valence-electron chi connectivity index (χ1n) is 7.79. The minimum Gasteiger partial charge on any atom is -0.497 e. The Labute approximate surface area is 146 Å². The summed E-state index contributed by atoms with van der Waals surface area (Å²) < 4.78 is 10.3. The molecule has 1 aromatic heterocycles. The van der Waals surface area contributed by atoms with Crippen LogP contribution in [0.1, 0.15) is 21.7 Å². The molecule has 0 unspecified atom stereocenters. The molecular weight excluding hydrogens is 314 g/mol. The number of ether oxygens (including phenoxy) is 1. The molecule has 3 aromatic rings. The molecule has 2 aromatic carbocycles. The van der Waals surface area contributed by atoms with Crippen molar-refractivity contribution in [3.05, 3.63) is 89.9 Å². The van der Waals surface area contributed by atoms with Crippen LogP contribution in [0.5, 0.6) is 5.75 Å². The van der Waals surface area contributed by atoms with Crippen LogP contribution in [0.4, 0.5) is 5.69 Å². The topological polar surface area (TPSA) is 51.8 Å². The van der Waals surface area contributed by atoms with Crippen molar-refractivity contribution < 1.29 is 13.9 Å². The molecule has 0 amide bonds. The smallest absolute Gasteiger partial charge is 0.185 e. The van der Waals surface area contributed by atoms with Gasteiger partial charge >= 0.3 is 0 Å². The summed E-state index contributed by atoms with van der Waals surface area (Å²) in [6, 6.07) is 18.3. The zero-order valence-corrected chi connectivity index (χ0v) is 13.8. The van der Waals surface area contributed by atoms with Gasteiger partial charge in [0.2, 0.25) is 0 Å². The first-order valence-corrected chi connectivity index (χ1v) is 7.79. The second kappa shape index (κ2) is 7.93. The fraction of sp³-hybridized carbons (Fsp3) is 0.0476. The first-order chi connectivity index (χ1) is 12.2. The minimum absolute atomic E-state index is 0.0814. The van der Waals surface area contributed by atoms with Gasteiger partial charge in [-0.25, -0.2) is 0 Å². The largest absolute Gasteiger partial charge is 0.497 e. The van der Waals surface area contributed by atoms with E-state index in [9.17, 15) is 4.79 Å². The first kappa shape index (κ1) is 16.5. The number of nitrogens with zero attached hydrogens (tertiary/aromatic N) is 1. The van der Waals surface area contributed by atoms with Crippen molar-refractivity contribution in [2.24, 2.45) is 4.99 Å². The van der Waals surface area contributed by atoms with Crippen molar-refractivity contribution >= 4 is 23.8 Å². The number of rotatable bonds is 6. The predicted molar refractivity (Wildman–Crippen MR) is 98.8 cm³/mol. The highest BCUT2D eigenvalue weighted by atomic mass is 16.5. The Morgan fingerprint density at radius 2 is 1.80 bits per heavy atom. The number of allylic oxidation sites excluding steroid dienone is 1. The molecule has 4 heteroatoms. The van der Waals surface area contributed by atoms with Crippen LogP contribution >= 0.6 is 0 Å². The van der Waals surface area contributed by atoms with E-state index in [1.165, 1.54) is 6.08 Å².